The van der Waals surface area contributed by atoms with Crippen molar-refractivity contribution in [3.05, 3.63) is 71.3 Å². The molecule has 0 saturated heterocycles. The van der Waals surface area contributed by atoms with Crippen molar-refractivity contribution in [2.45, 2.75) is 32.6 Å². The highest BCUT2D eigenvalue weighted by atomic mass is 32.2. The zero-order valence-corrected chi connectivity index (χ0v) is 19.0. The van der Waals surface area contributed by atoms with E-state index < -0.39 is 10.0 Å². The maximum absolute atomic E-state index is 12.6. The van der Waals surface area contributed by atoms with Gasteiger partial charge >= 0.3 is 0 Å². The van der Waals surface area contributed by atoms with E-state index in [-0.39, 0.29) is 24.7 Å². The first kappa shape index (κ1) is 22.0. The zero-order chi connectivity index (χ0) is 22.9. The lowest BCUT2D eigenvalue weighted by atomic mass is 10.0. The van der Waals surface area contributed by atoms with Gasteiger partial charge in [-0.25, -0.2) is 8.42 Å². The predicted octanol–water partition coefficient (Wildman–Crippen LogP) is 4.33. The van der Waals surface area contributed by atoms with E-state index in [1.165, 1.54) is 27.7 Å². The molecule has 0 aromatic heterocycles. The third kappa shape index (κ3) is 4.53. The van der Waals surface area contributed by atoms with Gasteiger partial charge in [0.05, 0.1) is 11.9 Å². The molecule has 0 saturated carbocycles. The summed E-state index contributed by atoms with van der Waals surface area (Å²) in [7, 11) is -3.56. The van der Waals surface area contributed by atoms with Crippen LogP contribution in [0, 0.1) is 0 Å². The highest BCUT2D eigenvalue weighted by molar-refractivity contribution is 7.92. The summed E-state index contributed by atoms with van der Waals surface area (Å²) in [6.07, 6.45) is 3.71. The molecular weight excluding hydrogens is 424 g/mol. The summed E-state index contributed by atoms with van der Waals surface area (Å²) < 4.78 is 25.9. The lowest BCUT2D eigenvalue weighted by Gasteiger charge is -2.22. The van der Waals surface area contributed by atoms with Crippen molar-refractivity contribution in [3.63, 3.8) is 0 Å². The van der Waals surface area contributed by atoms with Gasteiger partial charge in [0.2, 0.25) is 15.9 Å². The van der Waals surface area contributed by atoms with Crippen LogP contribution in [0.5, 0.6) is 0 Å². The standard InChI is InChI=1S/C25H26N2O4S/c1-17(28)20-7-3-8-21(16-20)27(32(2,30)31)15-5-10-24(29)26-23-14-13-19-12-11-18-6-4-9-22(23)25(18)19/h3-4,6-9,13-14,16H,5,10-12,15H2,1-2H3,(H,26,29). The monoisotopic (exact) mass is 450 g/mol. The number of nitrogens with zero attached hydrogens (tertiary/aromatic N) is 1. The third-order valence-electron chi connectivity index (χ3n) is 5.86. The van der Waals surface area contributed by atoms with Crippen LogP contribution in [0.2, 0.25) is 0 Å². The predicted molar refractivity (Wildman–Crippen MR) is 128 cm³/mol. The molecule has 1 amide bonds. The molecule has 0 aliphatic heterocycles. The van der Waals surface area contributed by atoms with E-state index in [0.717, 1.165) is 30.2 Å². The van der Waals surface area contributed by atoms with Crippen LogP contribution in [0.15, 0.2) is 54.6 Å². The smallest absolute Gasteiger partial charge is 0.232 e. The van der Waals surface area contributed by atoms with Crippen LogP contribution in [-0.4, -0.2) is 32.9 Å². The molecule has 7 heteroatoms. The molecule has 32 heavy (non-hydrogen) atoms. The number of hydrogen-bond acceptors (Lipinski definition) is 4. The van der Waals surface area contributed by atoms with Gasteiger partial charge in [-0.2, -0.15) is 0 Å². The Labute approximate surface area is 188 Å². The number of Topliss-reactive ketones (excluding diaryl/α,β-unsaturated/α-hetero) is 1. The highest BCUT2D eigenvalue weighted by Gasteiger charge is 2.19. The molecule has 1 N–H and O–H groups in total. The Morgan fingerprint density at radius 3 is 2.44 bits per heavy atom. The number of nitrogens with one attached hydrogen (secondary N) is 1. The second-order valence-corrected chi connectivity index (χ2v) is 10.1. The summed E-state index contributed by atoms with van der Waals surface area (Å²) in [6.45, 7) is 1.59. The summed E-state index contributed by atoms with van der Waals surface area (Å²) >= 11 is 0. The Kier molecular flexibility index (Phi) is 6.02. The molecule has 0 bridgehead atoms. The molecule has 0 radical (unpaired) electrons. The minimum Gasteiger partial charge on any atom is -0.326 e. The summed E-state index contributed by atoms with van der Waals surface area (Å²) in [4.78, 5) is 24.3. The van der Waals surface area contributed by atoms with Gasteiger partial charge in [0.1, 0.15) is 0 Å². The Balaban J connectivity index is 1.44. The fourth-order valence-electron chi connectivity index (χ4n) is 4.32. The number of amides is 1. The van der Waals surface area contributed by atoms with Gasteiger partial charge in [0.25, 0.3) is 0 Å². The minimum absolute atomic E-state index is 0.134. The van der Waals surface area contributed by atoms with Gasteiger partial charge in [-0.05, 0) is 60.9 Å². The molecule has 6 nitrogen and oxygen atoms in total. The first-order valence-corrected chi connectivity index (χ1v) is 12.5. The van der Waals surface area contributed by atoms with Crippen molar-refractivity contribution in [2.75, 3.05) is 22.4 Å². The van der Waals surface area contributed by atoms with E-state index in [1.54, 1.807) is 24.3 Å². The van der Waals surface area contributed by atoms with Crippen molar-refractivity contribution in [3.8, 4) is 0 Å². The van der Waals surface area contributed by atoms with Gasteiger partial charge in [0.15, 0.2) is 5.78 Å². The van der Waals surface area contributed by atoms with Crippen LogP contribution in [0.25, 0.3) is 10.8 Å². The third-order valence-corrected chi connectivity index (χ3v) is 7.05. The molecule has 0 heterocycles. The number of rotatable bonds is 8. The quantitative estimate of drug-likeness (QED) is 0.518. The second kappa shape index (κ2) is 8.74. The van der Waals surface area contributed by atoms with Crippen molar-refractivity contribution in [2.24, 2.45) is 0 Å². The lowest BCUT2D eigenvalue weighted by molar-refractivity contribution is -0.116. The first-order valence-electron chi connectivity index (χ1n) is 10.7. The number of aryl methyl sites for hydroxylation is 2. The van der Waals surface area contributed by atoms with Gasteiger partial charge in [-0.1, -0.05) is 36.4 Å². The van der Waals surface area contributed by atoms with E-state index in [4.69, 9.17) is 0 Å². The molecule has 3 aromatic carbocycles. The zero-order valence-electron chi connectivity index (χ0n) is 18.2. The van der Waals surface area contributed by atoms with E-state index in [1.807, 2.05) is 18.2 Å². The number of carbonyl (C=O) groups is 2. The topological polar surface area (TPSA) is 83.6 Å². The average molecular weight is 451 g/mol. The molecule has 1 aliphatic carbocycles. The summed E-state index contributed by atoms with van der Waals surface area (Å²) in [5.74, 6) is -0.292. The van der Waals surface area contributed by atoms with E-state index in [0.29, 0.717) is 17.7 Å². The largest absolute Gasteiger partial charge is 0.326 e. The van der Waals surface area contributed by atoms with Crippen LogP contribution >= 0.6 is 0 Å². The van der Waals surface area contributed by atoms with Gasteiger partial charge in [0, 0.05) is 29.6 Å². The van der Waals surface area contributed by atoms with Crippen molar-refractivity contribution >= 4 is 43.9 Å². The van der Waals surface area contributed by atoms with E-state index >= 15 is 0 Å². The summed E-state index contributed by atoms with van der Waals surface area (Å²) in [5, 5.41) is 5.27. The fraction of sp³-hybridized carbons (Fsp3) is 0.280. The normalized spacial score (nSPS) is 12.7. The van der Waals surface area contributed by atoms with Gasteiger partial charge in [-0.3, -0.25) is 13.9 Å². The molecule has 4 rings (SSSR count). The van der Waals surface area contributed by atoms with Crippen LogP contribution in [0.3, 0.4) is 0 Å². The molecular formula is C25H26N2O4S. The van der Waals surface area contributed by atoms with E-state index in [2.05, 4.69) is 17.4 Å². The maximum Gasteiger partial charge on any atom is 0.232 e. The molecule has 166 valence electrons. The van der Waals surface area contributed by atoms with Crippen LogP contribution in [-0.2, 0) is 27.7 Å². The minimum atomic E-state index is -3.56. The van der Waals surface area contributed by atoms with Crippen molar-refractivity contribution < 1.29 is 18.0 Å². The molecule has 0 unspecified atom stereocenters. The van der Waals surface area contributed by atoms with Crippen LogP contribution in [0.4, 0.5) is 11.4 Å². The van der Waals surface area contributed by atoms with Crippen molar-refractivity contribution in [1.82, 2.24) is 0 Å². The molecule has 1 aliphatic rings. The number of hydrogen-bond donors (Lipinski definition) is 1. The lowest BCUT2D eigenvalue weighted by Crippen LogP contribution is -2.31. The van der Waals surface area contributed by atoms with Gasteiger partial charge in [-0.15, -0.1) is 0 Å². The summed E-state index contributed by atoms with van der Waals surface area (Å²) in [5.41, 5.74) is 4.27. The number of anilines is 2. The number of ketones is 1. The molecule has 0 fully saturated rings. The SMILES string of the molecule is CC(=O)c1cccc(N(CCCC(=O)Nc2ccc3c4c(cccc24)CC3)S(C)(=O)=O)c1. The number of sulfonamides is 1. The van der Waals surface area contributed by atoms with Crippen LogP contribution < -0.4 is 9.62 Å². The number of benzene rings is 3. The second-order valence-electron chi connectivity index (χ2n) is 8.21. The Bertz CT molecular complexity index is 1300. The Morgan fingerprint density at radius 2 is 1.72 bits per heavy atom. The fourth-order valence-corrected chi connectivity index (χ4v) is 5.28. The summed E-state index contributed by atoms with van der Waals surface area (Å²) in [6, 6.07) is 16.7. The van der Waals surface area contributed by atoms with Crippen LogP contribution in [0.1, 0.15) is 41.3 Å². The average Bonchev–Trinajstić information content (AvgIpc) is 3.17. The van der Waals surface area contributed by atoms with Gasteiger partial charge < -0.3 is 5.32 Å². The highest BCUT2D eigenvalue weighted by Crippen LogP contribution is 2.35. The maximum atomic E-state index is 12.6. The number of carbonyl (C=O) groups excluding carboxylic acids is 2. The van der Waals surface area contributed by atoms with Crippen molar-refractivity contribution in [1.29, 1.82) is 0 Å². The Hall–Kier alpha value is -3.19. The molecule has 0 spiro atoms. The van der Waals surface area contributed by atoms with E-state index in [9.17, 15) is 18.0 Å². The Morgan fingerprint density at radius 1 is 1.00 bits per heavy atom. The first-order chi connectivity index (χ1) is 15.2. The molecule has 0 atom stereocenters. The molecule has 3 aromatic rings.